The highest BCUT2D eigenvalue weighted by Crippen LogP contribution is 2.60. The Morgan fingerprint density at radius 1 is 1.25 bits per heavy atom. The molecule has 0 radical (unpaired) electrons. The third-order valence-corrected chi connectivity index (χ3v) is 4.22. The second-order valence-corrected chi connectivity index (χ2v) is 4.92. The van der Waals surface area contributed by atoms with E-state index in [4.69, 9.17) is 5.11 Å². The van der Waals surface area contributed by atoms with Gasteiger partial charge in [0, 0.05) is 6.61 Å². The van der Waals surface area contributed by atoms with Gasteiger partial charge in [-0.3, -0.25) is 0 Å². The highest BCUT2D eigenvalue weighted by molar-refractivity contribution is 5.03. The molecule has 2 rings (SSSR count). The molecule has 0 aliphatic heterocycles. The van der Waals surface area contributed by atoms with E-state index in [2.05, 4.69) is 6.92 Å². The largest absolute Gasteiger partial charge is 0.396 e. The van der Waals surface area contributed by atoms with Gasteiger partial charge in [0.05, 0.1) is 0 Å². The summed E-state index contributed by atoms with van der Waals surface area (Å²) in [6.45, 7) is 2.80. The van der Waals surface area contributed by atoms with Crippen LogP contribution in [0.5, 0.6) is 0 Å². The monoisotopic (exact) mass is 168 g/mol. The molecule has 2 atom stereocenters. The van der Waals surface area contributed by atoms with E-state index in [1.807, 2.05) is 0 Å². The summed E-state index contributed by atoms with van der Waals surface area (Å²) in [5.41, 5.74) is 0.537. The van der Waals surface area contributed by atoms with E-state index in [1.54, 1.807) is 0 Å². The van der Waals surface area contributed by atoms with E-state index < -0.39 is 0 Å². The Morgan fingerprint density at radius 3 is 2.42 bits per heavy atom. The first-order chi connectivity index (χ1) is 5.77. The lowest BCUT2D eigenvalue weighted by Gasteiger charge is -2.28. The third-order valence-electron chi connectivity index (χ3n) is 4.22. The number of rotatable bonds is 2. The molecule has 0 spiro atoms. The first-order valence-electron chi connectivity index (χ1n) is 5.38. The maximum atomic E-state index is 9.07. The van der Waals surface area contributed by atoms with Crippen molar-refractivity contribution in [2.24, 2.45) is 17.3 Å². The van der Waals surface area contributed by atoms with Crippen molar-refractivity contribution in [2.75, 3.05) is 6.61 Å². The molecule has 2 saturated carbocycles. The molecule has 2 fully saturated rings. The van der Waals surface area contributed by atoms with Crippen LogP contribution < -0.4 is 0 Å². The molecule has 0 amide bonds. The van der Waals surface area contributed by atoms with Gasteiger partial charge in [-0.15, -0.1) is 0 Å². The topological polar surface area (TPSA) is 20.2 Å². The van der Waals surface area contributed by atoms with Gasteiger partial charge in [-0.2, -0.15) is 0 Å². The van der Waals surface area contributed by atoms with Crippen LogP contribution in [0.15, 0.2) is 0 Å². The Morgan fingerprint density at radius 2 is 1.92 bits per heavy atom. The van der Waals surface area contributed by atoms with Gasteiger partial charge in [-0.25, -0.2) is 0 Å². The number of hydrogen-bond acceptors (Lipinski definition) is 1. The molecular weight excluding hydrogens is 148 g/mol. The predicted molar refractivity (Wildman–Crippen MR) is 49.9 cm³/mol. The Hall–Kier alpha value is -0.0400. The van der Waals surface area contributed by atoms with Crippen molar-refractivity contribution in [3.05, 3.63) is 0 Å². The van der Waals surface area contributed by atoms with Crippen molar-refractivity contribution in [1.29, 1.82) is 0 Å². The second kappa shape index (κ2) is 3.02. The van der Waals surface area contributed by atoms with Crippen molar-refractivity contribution in [3.8, 4) is 0 Å². The van der Waals surface area contributed by atoms with Crippen molar-refractivity contribution >= 4 is 0 Å². The summed E-state index contributed by atoms with van der Waals surface area (Å²) in [6.07, 6.45) is 8.43. The molecule has 2 aliphatic carbocycles. The quantitative estimate of drug-likeness (QED) is 0.672. The zero-order valence-electron chi connectivity index (χ0n) is 8.05. The van der Waals surface area contributed by atoms with Crippen LogP contribution >= 0.6 is 0 Å². The van der Waals surface area contributed by atoms with E-state index in [9.17, 15) is 0 Å². The normalized spacial score (nSPS) is 43.0. The van der Waals surface area contributed by atoms with Crippen LogP contribution in [-0.2, 0) is 0 Å². The lowest BCUT2D eigenvalue weighted by atomic mass is 9.77. The zero-order valence-corrected chi connectivity index (χ0v) is 8.05. The van der Waals surface area contributed by atoms with Gasteiger partial charge in [0.15, 0.2) is 0 Å². The van der Waals surface area contributed by atoms with Crippen LogP contribution in [0.4, 0.5) is 0 Å². The smallest absolute Gasteiger partial charge is 0.0464 e. The van der Waals surface area contributed by atoms with Gasteiger partial charge in [0.1, 0.15) is 0 Å². The Kier molecular flexibility index (Phi) is 2.16. The molecule has 2 aliphatic rings. The Labute approximate surface area is 75.2 Å². The fourth-order valence-electron chi connectivity index (χ4n) is 3.01. The van der Waals surface area contributed by atoms with Gasteiger partial charge in [0.25, 0.3) is 0 Å². The first kappa shape index (κ1) is 8.55. The van der Waals surface area contributed by atoms with Crippen LogP contribution in [0.3, 0.4) is 0 Å². The van der Waals surface area contributed by atoms with Crippen molar-refractivity contribution in [1.82, 2.24) is 0 Å². The molecule has 0 aromatic carbocycles. The average Bonchev–Trinajstić information content (AvgIpc) is 2.81. The summed E-state index contributed by atoms with van der Waals surface area (Å²) < 4.78 is 0. The minimum Gasteiger partial charge on any atom is -0.396 e. The van der Waals surface area contributed by atoms with Crippen LogP contribution in [0.25, 0.3) is 0 Å². The van der Waals surface area contributed by atoms with Gasteiger partial charge < -0.3 is 5.11 Å². The van der Waals surface area contributed by atoms with E-state index in [1.165, 1.54) is 38.5 Å². The van der Waals surface area contributed by atoms with Gasteiger partial charge in [-0.1, -0.05) is 26.2 Å². The maximum absolute atomic E-state index is 9.07. The van der Waals surface area contributed by atoms with Crippen molar-refractivity contribution < 1.29 is 5.11 Å². The standard InChI is InChI=1S/C11H20O/c1-11(7-10(11)8-12)9-5-3-2-4-6-9/h9-10,12H,2-8H2,1H3. The van der Waals surface area contributed by atoms with E-state index in [0.29, 0.717) is 17.9 Å². The van der Waals surface area contributed by atoms with E-state index >= 15 is 0 Å². The first-order valence-corrected chi connectivity index (χ1v) is 5.38. The molecule has 2 unspecified atom stereocenters. The fraction of sp³-hybridized carbons (Fsp3) is 1.00. The summed E-state index contributed by atoms with van der Waals surface area (Å²) in [5, 5.41) is 9.07. The molecule has 0 bridgehead atoms. The highest BCUT2D eigenvalue weighted by Gasteiger charge is 2.53. The fourth-order valence-corrected chi connectivity index (χ4v) is 3.01. The third kappa shape index (κ3) is 1.28. The molecule has 0 aromatic heterocycles. The lowest BCUT2D eigenvalue weighted by molar-refractivity contribution is 0.188. The Balaban J connectivity index is 1.91. The van der Waals surface area contributed by atoms with Crippen molar-refractivity contribution in [3.63, 3.8) is 0 Å². The molecule has 1 N–H and O–H groups in total. The average molecular weight is 168 g/mol. The van der Waals surface area contributed by atoms with Gasteiger partial charge in [0.2, 0.25) is 0 Å². The summed E-state index contributed by atoms with van der Waals surface area (Å²) in [7, 11) is 0. The molecule has 1 heteroatoms. The zero-order chi connectivity index (χ0) is 8.60. The second-order valence-electron chi connectivity index (χ2n) is 4.92. The molecule has 70 valence electrons. The summed E-state index contributed by atoms with van der Waals surface area (Å²) >= 11 is 0. The number of hydrogen-bond donors (Lipinski definition) is 1. The molecular formula is C11H20O. The number of aliphatic hydroxyl groups excluding tert-OH is 1. The Bertz CT molecular complexity index is 160. The van der Waals surface area contributed by atoms with Gasteiger partial charge in [-0.05, 0) is 36.5 Å². The lowest BCUT2D eigenvalue weighted by Crippen LogP contribution is -2.19. The predicted octanol–water partition coefficient (Wildman–Crippen LogP) is 2.59. The molecule has 0 aromatic rings. The summed E-state index contributed by atoms with van der Waals surface area (Å²) in [4.78, 5) is 0. The summed E-state index contributed by atoms with van der Waals surface area (Å²) in [6, 6.07) is 0. The van der Waals surface area contributed by atoms with Crippen molar-refractivity contribution in [2.45, 2.75) is 45.4 Å². The van der Waals surface area contributed by atoms with E-state index in [0.717, 1.165) is 5.92 Å². The van der Waals surface area contributed by atoms with Crippen LogP contribution in [0, 0.1) is 17.3 Å². The van der Waals surface area contributed by atoms with Crippen LogP contribution in [0.2, 0.25) is 0 Å². The number of aliphatic hydroxyl groups is 1. The molecule has 12 heavy (non-hydrogen) atoms. The summed E-state index contributed by atoms with van der Waals surface area (Å²) in [5.74, 6) is 1.57. The van der Waals surface area contributed by atoms with E-state index in [-0.39, 0.29) is 0 Å². The molecule has 1 nitrogen and oxygen atoms in total. The van der Waals surface area contributed by atoms with Crippen LogP contribution in [0.1, 0.15) is 45.4 Å². The van der Waals surface area contributed by atoms with Crippen LogP contribution in [-0.4, -0.2) is 11.7 Å². The molecule has 0 heterocycles. The minimum atomic E-state index is 0.424. The molecule has 0 saturated heterocycles. The SMILES string of the molecule is CC1(C2CCCCC2)CC1CO. The maximum Gasteiger partial charge on any atom is 0.0464 e. The van der Waals surface area contributed by atoms with Gasteiger partial charge >= 0.3 is 0 Å². The minimum absolute atomic E-state index is 0.424. The highest BCUT2D eigenvalue weighted by atomic mass is 16.3.